The zero-order valence-corrected chi connectivity index (χ0v) is 9.52. The van der Waals surface area contributed by atoms with Gasteiger partial charge in [0.05, 0.1) is 6.04 Å². The number of hydrogen-bond acceptors (Lipinski definition) is 3. The maximum Gasteiger partial charge on any atom is 0.126 e. The molecule has 1 aromatic heterocycles. The minimum atomic E-state index is -0.355. The van der Waals surface area contributed by atoms with E-state index >= 15 is 0 Å². The van der Waals surface area contributed by atoms with E-state index in [9.17, 15) is 4.39 Å². The van der Waals surface area contributed by atoms with Crippen LogP contribution in [0, 0.1) is 12.7 Å². The van der Waals surface area contributed by atoms with Gasteiger partial charge >= 0.3 is 0 Å². The molecule has 2 rings (SSSR count). The predicted molar refractivity (Wildman–Crippen MR) is 62.3 cm³/mol. The fourth-order valence-electron chi connectivity index (χ4n) is 1.48. The fourth-order valence-corrected chi connectivity index (χ4v) is 1.48. The Bertz CT molecular complexity index is 496. The van der Waals surface area contributed by atoms with E-state index in [1.165, 1.54) is 12.1 Å². The van der Waals surface area contributed by atoms with Gasteiger partial charge in [-0.05, 0) is 31.2 Å². The second-order valence-corrected chi connectivity index (χ2v) is 3.82. The molecule has 0 bridgehead atoms. The SMILES string of the molecule is Cc1ccc(C(N)COc2cccc(F)c2)o1. The number of ether oxygens (including phenoxy) is 1. The summed E-state index contributed by atoms with van der Waals surface area (Å²) in [5.41, 5.74) is 5.88. The molecular formula is C13H14FNO2. The highest BCUT2D eigenvalue weighted by molar-refractivity contribution is 5.22. The molecular weight excluding hydrogens is 221 g/mol. The van der Waals surface area contributed by atoms with Crippen molar-refractivity contribution in [3.05, 3.63) is 53.7 Å². The van der Waals surface area contributed by atoms with Crippen molar-refractivity contribution >= 4 is 0 Å². The average molecular weight is 235 g/mol. The molecule has 1 heterocycles. The van der Waals surface area contributed by atoms with Gasteiger partial charge in [0, 0.05) is 6.07 Å². The van der Waals surface area contributed by atoms with Crippen LogP contribution in [-0.4, -0.2) is 6.61 Å². The highest BCUT2D eigenvalue weighted by Crippen LogP contribution is 2.17. The number of hydrogen-bond donors (Lipinski definition) is 1. The first kappa shape index (κ1) is 11.7. The number of nitrogens with two attached hydrogens (primary N) is 1. The minimum Gasteiger partial charge on any atom is -0.491 e. The van der Waals surface area contributed by atoms with E-state index < -0.39 is 0 Å². The highest BCUT2D eigenvalue weighted by Gasteiger charge is 2.10. The zero-order chi connectivity index (χ0) is 12.3. The Morgan fingerprint density at radius 1 is 1.35 bits per heavy atom. The van der Waals surface area contributed by atoms with Crippen LogP contribution in [0.3, 0.4) is 0 Å². The summed E-state index contributed by atoms with van der Waals surface area (Å²) >= 11 is 0. The van der Waals surface area contributed by atoms with Crippen molar-refractivity contribution < 1.29 is 13.5 Å². The Hall–Kier alpha value is -1.81. The first-order valence-electron chi connectivity index (χ1n) is 5.35. The van der Waals surface area contributed by atoms with Crippen molar-refractivity contribution in [3.63, 3.8) is 0 Å². The van der Waals surface area contributed by atoms with Gasteiger partial charge in [-0.2, -0.15) is 0 Å². The van der Waals surface area contributed by atoms with E-state index in [1.807, 2.05) is 19.1 Å². The van der Waals surface area contributed by atoms with E-state index in [4.69, 9.17) is 14.9 Å². The molecule has 0 saturated carbocycles. The van der Waals surface area contributed by atoms with Crippen LogP contribution < -0.4 is 10.5 Å². The largest absolute Gasteiger partial charge is 0.491 e. The van der Waals surface area contributed by atoms with E-state index in [0.29, 0.717) is 11.5 Å². The quantitative estimate of drug-likeness (QED) is 0.886. The average Bonchev–Trinajstić information content (AvgIpc) is 2.73. The molecule has 1 atom stereocenters. The molecule has 0 aliphatic rings. The number of aryl methyl sites for hydroxylation is 1. The van der Waals surface area contributed by atoms with Crippen molar-refractivity contribution in [1.29, 1.82) is 0 Å². The Morgan fingerprint density at radius 2 is 2.18 bits per heavy atom. The molecule has 0 amide bonds. The summed E-state index contributed by atoms with van der Waals surface area (Å²) < 4.78 is 23.7. The van der Waals surface area contributed by atoms with Crippen LogP contribution in [0.4, 0.5) is 4.39 Å². The third-order valence-corrected chi connectivity index (χ3v) is 2.35. The topological polar surface area (TPSA) is 48.4 Å². The molecule has 3 nitrogen and oxygen atoms in total. The number of furan rings is 1. The van der Waals surface area contributed by atoms with E-state index in [2.05, 4.69) is 0 Å². The molecule has 2 N–H and O–H groups in total. The summed E-state index contributed by atoms with van der Waals surface area (Å²) in [6, 6.07) is 9.26. The third-order valence-electron chi connectivity index (χ3n) is 2.35. The molecule has 90 valence electrons. The lowest BCUT2D eigenvalue weighted by atomic mass is 10.2. The molecule has 17 heavy (non-hydrogen) atoms. The molecule has 0 fully saturated rings. The molecule has 2 aromatic rings. The maximum atomic E-state index is 12.9. The zero-order valence-electron chi connectivity index (χ0n) is 9.52. The first-order valence-corrected chi connectivity index (χ1v) is 5.35. The summed E-state index contributed by atoms with van der Waals surface area (Å²) in [7, 11) is 0. The molecule has 0 aliphatic heterocycles. The Labute approximate surface area is 99.0 Å². The van der Waals surface area contributed by atoms with E-state index in [0.717, 1.165) is 5.76 Å². The highest BCUT2D eigenvalue weighted by atomic mass is 19.1. The standard InChI is InChI=1S/C13H14FNO2/c1-9-5-6-13(17-9)12(15)8-16-11-4-2-3-10(14)7-11/h2-7,12H,8,15H2,1H3. The third kappa shape index (κ3) is 3.07. The lowest BCUT2D eigenvalue weighted by Gasteiger charge is -2.11. The summed E-state index contributed by atoms with van der Waals surface area (Å²) in [6.07, 6.45) is 0. The van der Waals surface area contributed by atoms with Gasteiger partial charge in [0.2, 0.25) is 0 Å². The Kier molecular flexibility index (Phi) is 3.44. The number of halogens is 1. The van der Waals surface area contributed by atoms with Crippen molar-refractivity contribution in [2.45, 2.75) is 13.0 Å². The normalized spacial score (nSPS) is 12.4. The van der Waals surface area contributed by atoms with Gasteiger partial charge in [-0.3, -0.25) is 0 Å². The monoisotopic (exact) mass is 235 g/mol. The molecule has 0 spiro atoms. The van der Waals surface area contributed by atoms with Crippen molar-refractivity contribution in [2.75, 3.05) is 6.61 Å². The van der Waals surface area contributed by atoms with Gasteiger partial charge in [-0.15, -0.1) is 0 Å². The van der Waals surface area contributed by atoms with Crippen molar-refractivity contribution in [1.82, 2.24) is 0 Å². The summed E-state index contributed by atoms with van der Waals surface area (Å²) in [4.78, 5) is 0. The van der Waals surface area contributed by atoms with Gasteiger partial charge in [-0.1, -0.05) is 6.07 Å². The van der Waals surface area contributed by atoms with Crippen molar-refractivity contribution in [2.24, 2.45) is 5.73 Å². The summed E-state index contributed by atoms with van der Waals surface area (Å²) in [6.45, 7) is 2.10. The smallest absolute Gasteiger partial charge is 0.126 e. The molecule has 0 aliphatic carbocycles. The van der Waals surface area contributed by atoms with E-state index in [-0.39, 0.29) is 18.5 Å². The molecule has 4 heteroatoms. The van der Waals surface area contributed by atoms with Crippen LogP contribution in [0.1, 0.15) is 17.6 Å². The summed E-state index contributed by atoms with van der Waals surface area (Å²) in [5, 5.41) is 0. The second-order valence-electron chi connectivity index (χ2n) is 3.82. The van der Waals surface area contributed by atoms with Gasteiger partial charge < -0.3 is 14.9 Å². The number of rotatable bonds is 4. The van der Waals surface area contributed by atoms with Crippen molar-refractivity contribution in [3.8, 4) is 5.75 Å². The predicted octanol–water partition coefficient (Wildman–Crippen LogP) is 2.81. The summed E-state index contributed by atoms with van der Waals surface area (Å²) in [5.74, 6) is 1.61. The van der Waals surface area contributed by atoms with Gasteiger partial charge in [0.1, 0.15) is 29.7 Å². The molecule has 1 aromatic carbocycles. The van der Waals surface area contributed by atoms with Gasteiger partial charge in [0.15, 0.2) is 0 Å². The second kappa shape index (κ2) is 5.01. The first-order chi connectivity index (χ1) is 8.15. The Balaban J connectivity index is 1.94. The lowest BCUT2D eigenvalue weighted by molar-refractivity contribution is 0.270. The van der Waals surface area contributed by atoms with Crippen LogP contribution in [0.5, 0.6) is 5.75 Å². The Morgan fingerprint density at radius 3 is 2.82 bits per heavy atom. The van der Waals surface area contributed by atoms with Crippen LogP contribution in [0.25, 0.3) is 0 Å². The molecule has 0 saturated heterocycles. The minimum absolute atomic E-state index is 0.246. The van der Waals surface area contributed by atoms with Gasteiger partial charge in [-0.25, -0.2) is 4.39 Å². The van der Waals surface area contributed by atoms with Crippen LogP contribution in [0.15, 0.2) is 40.8 Å². The number of benzene rings is 1. The fraction of sp³-hybridized carbons (Fsp3) is 0.231. The lowest BCUT2D eigenvalue weighted by Crippen LogP contribution is -2.18. The van der Waals surface area contributed by atoms with Crippen LogP contribution in [0.2, 0.25) is 0 Å². The van der Waals surface area contributed by atoms with Crippen LogP contribution in [-0.2, 0) is 0 Å². The van der Waals surface area contributed by atoms with E-state index in [1.54, 1.807) is 12.1 Å². The molecule has 0 radical (unpaired) electrons. The maximum absolute atomic E-state index is 12.9. The molecule has 1 unspecified atom stereocenters. The van der Waals surface area contributed by atoms with Gasteiger partial charge in [0.25, 0.3) is 0 Å². The van der Waals surface area contributed by atoms with Crippen LogP contribution >= 0.6 is 0 Å².